The Hall–Kier alpha value is -2.67. The van der Waals surface area contributed by atoms with Crippen molar-refractivity contribution >= 4 is 29.3 Å². The topological polar surface area (TPSA) is 76.7 Å². The molecule has 4 rings (SSSR count). The molecule has 0 fully saturated rings. The summed E-state index contributed by atoms with van der Waals surface area (Å²) in [6.45, 7) is 2.62. The van der Waals surface area contributed by atoms with Gasteiger partial charge in [-0.1, -0.05) is 6.07 Å². The van der Waals surface area contributed by atoms with Gasteiger partial charge in [-0.3, -0.25) is 9.59 Å². The summed E-state index contributed by atoms with van der Waals surface area (Å²) >= 11 is 1.50. The summed E-state index contributed by atoms with van der Waals surface area (Å²) in [5.41, 5.74) is 2.30. The molecule has 2 aliphatic rings. The molecular formula is C19H18N2O4S. The molecule has 2 aliphatic heterocycles. The van der Waals surface area contributed by atoms with Gasteiger partial charge in [-0.15, -0.1) is 11.8 Å². The number of hydrogen-bond donors (Lipinski definition) is 2. The predicted molar refractivity (Wildman–Crippen MR) is 99.0 cm³/mol. The summed E-state index contributed by atoms with van der Waals surface area (Å²) in [5, 5.41) is 5.64. The van der Waals surface area contributed by atoms with E-state index in [1.807, 2.05) is 31.2 Å². The Morgan fingerprint density at radius 2 is 2.08 bits per heavy atom. The number of amides is 2. The molecule has 2 heterocycles. The fourth-order valence-electron chi connectivity index (χ4n) is 2.87. The van der Waals surface area contributed by atoms with Gasteiger partial charge in [0.05, 0.1) is 10.9 Å². The van der Waals surface area contributed by atoms with Crippen molar-refractivity contribution in [1.82, 2.24) is 5.32 Å². The molecule has 0 spiro atoms. The maximum atomic E-state index is 12.4. The zero-order valence-electron chi connectivity index (χ0n) is 14.2. The molecule has 0 saturated heterocycles. The Morgan fingerprint density at radius 1 is 1.23 bits per heavy atom. The average molecular weight is 370 g/mol. The van der Waals surface area contributed by atoms with Gasteiger partial charge in [0, 0.05) is 17.0 Å². The molecule has 1 unspecified atom stereocenters. The van der Waals surface area contributed by atoms with E-state index in [0.29, 0.717) is 24.2 Å². The van der Waals surface area contributed by atoms with Crippen LogP contribution < -0.4 is 20.1 Å². The normalized spacial score (nSPS) is 17.4. The van der Waals surface area contributed by atoms with Crippen LogP contribution in [0.25, 0.3) is 0 Å². The van der Waals surface area contributed by atoms with E-state index in [4.69, 9.17) is 9.47 Å². The number of carbonyl (C=O) groups excluding carboxylic acids is 2. The van der Waals surface area contributed by atoms with Crippen LogP contribution in [0.5, 0.6) is 11.5 Å². The number of anilines is 1. The first kappa shape index (κ1) is 16.8. The van der Waals surface area contributed by atoms with Gasteiger partial charge in [-0.2, -0.15) is 0 Å². The first-order valence-electron chi connectivity index (χ1n) is 8.38. The minimum Gasteiger partial charge on any atom is -0.454 e. The molecule has 2 aromatic carbocycles. The summed E-state index contributed by atoms with van der Waals surface area (Å²) in [7, 11) is 0. The van der Waals surface area contributed by atoms with Crippen molar-refractivity contribution in [3.63, 3.8) is 0 Å². The minimum absolute atomic E-state index is 0.0390. The largest absolute Gasteiger partial charge is 0.454 e. The first-order valence-corrected chi connectivity index (χ1v) is 9.26. The maximum Gasteiger partial charge on any atom is 0.251 e. The van der Waals surface area contributed by atoms with Crippen LogP contribution in [0.4, 0.5) is 5.69 Å². The van der Waals surface area contributed by atoms with E-state index in [-0.39, 0.29) is 23.9 Å². The lowest BCUT2D eigenvalue weighted by atomic mass is 10.1. The molecule has 6 nitrogen and oxygen atoms in total. The fourth-order valence-corrected chi connectivity index (χ4v) is 3.80. The second-order valence-corrected chi connectivity index (χ2v) is 7.54. The van der Waals surface area contributed by atoms with Crippen LogP contribution in [0.2, 0.25) is 0 Å². The Kier molecular flexibility index (Phi) is 4.46. The van der Waals surface area contributed by atoms with Crippen LogP contribution in [-0.4, -0.2) is 30.4 Å². The van der Waals surface area contributed by atoms with Crippen molar-refractivity contribution in [2.24, 2.45) is 0 Å². The van der Waals surface area contributed by atoms with Crippen LogP contribution in [-0.2, 0) is 11.2 Å². The number of nitrogens with one attached hydrogen (secondary N) is 2. The fraction of sp³-hybridized carbons (Fsp3) is 0.263. The molecule has 0 aromatic heterocycles. The molecule has 0 saturated carbocycles. The second kappa shape index (κ2) is 6.92. The van der Waals surface area contributed by atoms with E-state index < -0.39 is 0 Å². The van der Waals surface area contributed by atoms with Crippen LogP contribution in [0.3, 0.4) is 0 Å². The Bertz CT molecular complexity index is 884. The standard InChI is InChI=1S/C19H18N2O4S/c1-11-18(22)21-14-9-13(3-5-17(14)26-11)19(23)20-7-6-12-2-4-15-16(8-12)25-10-24-15/h2-5,8-9,11H,6-7,10H2,1H3,(H,20,23)(H,21,22). The average Bonchev–Trinajstić information content (AvgIpc) is 3.10. The second-order valence-electron chi connectivity index (χ2n) is 6.15. The molecule has 1 atom stereocenters. The highest BCUT2D eigenvalue weighted by Crippen LogP contribution is 2.36. The van der Waals surface area contributed by atoms with Crippen LogP contribution in [0.15, 0.2) is 41.3 Å². The lowest BCUT2D eigenvalue weighted by Gasteiger charge is -2.21. The molecule has 26 heavy (non-hydrogen) atoms. The summed E-state index contributed by atoms with van der Waals surface area (Å²) in [6.07, 6.45) is 0.692. The lowest BCUT2D eigenvalue weighted by molar-refractivity contribution is -0.115. The third-order valence-electron chi connectivity index (χ3n) is 4.31. The number of thioether (sulfide) groups is 1. The van der Waals surface area contributed by atoms with Crippen LogP contribution in [0, 0.1) is 0 Å². The van der Waals surface area contributed by atoms with Crippen molar-refractivity contribution in [3.05, 3.63) is 47.5 Å². The van der Waals surface area contributed by atoms with Crippen molar-refractivity contribution in [2.75, 3.05) is 18.7 Å². The summed E-state index contributed by atoms with van der Waals surface area (Å²) in [5.74, 6) is 1.29. The summed E-state index contributed by atoms with van der Waals surface area (Å²) in [4.78, 5) is 25.2. The number of rotatable bonds is 4. The SMILES string of the molecule is CC1Sc2ccc(C(=O)NCCc3ccc4c(c3)OCO4)cc2NC1=O. The molecule has 7 heteroatoms. The summed E-state index contributed by atoms with van der Waals surface area (Å²) < 4.78 is 10.6. The smallest absolute Gasteiger partial charge is 0.251 e. The zero-order valence-corrected chi connectivity index (χ0v) is 15.0. The molecule has 2 amide bonds. The van der Waals surface area contributed by atoms with E-state index in [0.717, 1.165) is 22.0 Å². The van der Waals surface area contributed by atoms with E-state index in [9.17, 15) is 9.59 Å². The minimum atomic E-state index is -0.161. The molecule has 0 radical (unpaired) electrons. The van der Waals surface area contributed by atoms with Gasteiger partial charge >= 0.3 is 0 Å². The van der Waals surface area contributed by atoms with Crippen LogP contribution in [0.1, 0.15) is 22.8 Å². The third-order valence-corrected chi connectivity index (χ3v) is 5.49. The molecule has 2 N–H and O–H groups in total. The number of carbonyl (C=O) groups is 2. The predicted octanol–water partition coefficient (Wildman–Crippen LogP) is 2.82. The first-order chi connectivity index (χ1) is 12.6. The number of hydrogen-bond acceptors (Lipinski definition) is 5. The van der Waals surface area contributed by atoms with Gasteiger partial charge in [-0.05, 0) is 49.2 Å². The number of ether oxygens (including phenoxy) is 2. The van der Waals surface area contributed by atoms with E-state index in [1.165, 1.54) is 11.8 Å². The van der Waals surface area contributed by atoms with Gasteiger partial charge in [0.25, 0.3) is 5.91 Å². The van der Waals surface area contributed by atoms with Gasteiger partial charge < -0.3 is 20.1 Å². The summed E-state index contributed by atoms with van der Waals surface area (Å²) in [6, 6.07) is 11.2. The number of benzene rings is 2. The van der Waals surface area contributed by atoms with Gasteiger partial charge in [0.2, 0.25) is 12.7 Å². The Morgan fingerprint density at radius 3 is 2.96 bits per heavy atom. The highest BCUT2D eigenvalue weighted by atomic mass is 32.2. The molecule has 0 bridgehead atoms. The zero-order chi connectivity index (χ0) is 18.1. The van der Waals surface area contributed by atoms with E-state index in [2.05, 4.69) is 10.6 Å². The highest BCUT2D eigenvalue weighted by molar-refractivity contribution is 8.00. The molecule has 134 valence electrons. The molecule has 0 aliphatic carbocycles. The van der Waals surface area contributed by atoms with E-state index in [1.54, 1.807) is 12.1 Å². The Balaban J connectivity index is 1.36. The number of fused-ring (bicyclic) bond motifs is 2. The molecular weight excluding hydrogens is 352 g/mol. The van der Waals surface area contributed by atoms with Crippen LogP contribution >= 0.6 is 11.8 Å². The maximum absolute atomic E-state index is 12.4. The highest BCUT2D eigenvalue weighted by Gasteiger charge is 2.23. The van der Waals surface area contributed by atoms with E-state index >= 15 is 0 Å². The van der Waals surface area contributed by atoms with Crippen molar-refractivity contribution < 1.29 is 19.1 Å². The van der Waals surface area contributed by atoms with Crippen molar-refractivity contribution in [1.29, 1.82) is 0 Å². The quantitative estimate of drug-likeness (QED) is 0.865. The molecule has 2 aromatic rings. The third kappa shape index (κ3) is 3.35. The van der Waals surface area contributed by atoms with Crippen molar-refractivity contribution in [2.45, 2.75) is 23.5 Å². The monoisotopic (exact) mass is 370 g/mol. The van der Waals surface area contributed by atoms with Gasteiger partial charge in [0.15, 0.2) is 11.5 Å². The van der Waals surface area contributed by atoms with Gasteiger partial charge in [-0.25, -0.2) is 0 Å². The van der Waals surface area contributed by atoms with Gasteiger partial charge in [0.1, 0.15) is 0 Å². The Labute approximate surface area is 155 Å². The van der Waals surface area contributed by atoms with Crippen molar-refractivity contribution in [3.8, 4) is 11.5 Å². The lowest BCUT2D eigenvalue weighted by Crippen LogP contribution is -2.28.